The van der Waals surface area contributed by atoms with Crippen molar-refractivity contribution in [2.24, 2.45) is 5.92 Å². The number of likely N-dealkylation sites (tertiary alicyclic amines) is 2. The van der Waals surface area contributed by atoms with Crippen LogP contribution in [-0.4, -0.2) is 106 Å². The highest BCUT2D eigenvalue weighted by molar-refractivity contribution is 6.04. The lowest BCUT2D eigenvalue weighted by Crippen LogP contribution is -2.54. The van der Waals surface area contributed by atoms with Crippen molar-refractivity contribution in [3.05, 3.63) is 71.3 Å². The summed E-state index contributed by atoms with van der Waals surface area (Å²) in [5.41, 5.74) is 4.93. The summed E-state index contributed by atoms with van der Waals surface area (Å²) in [5.74, 6) is 7.46. The molecule has 3 aromatic carbocycles. The average Bonchev–Trinajstić information content (AvgIpc) is 4.05. The van der Waals surface area contributed by atoms with Gasteiger partial charge in [0, 0.05) is 36.7 Å². The molecule has 2 saturated heterocycles. The maximum absolute atomic E-state index is 13.7. The lowest BCUT2D eigenvalue weighted by atomic mass is 10.0. The molecular weight excluding hydrogens is 729 g/mol. The molecule has 4 amide bonds. The van der Waals surface area contributed by atoms with E-state index in [0.29, 0.717) is 24.7 Å². The van der Waals surface area contributed by atoms with Crippen molar-refractivity contribution in [3.8, 4) is 11.8 Å². The van der Waals surface area contributed by atoms with E-state index in [9.17, 15) is 19.2 Å². The zero-order chi connectivity index (χ0) is 40.4. The predicted octanol–water partition coefficient (Wildman–Crippen LogP) is 5.46. The number of hydrogen-bond acceptors (Lipinski definition) is 9. The number of aromatic nitrogens is 4. The molecule has 0 spiro atoms. The van der Waals surface area contributed by atoms with Crippen LogP contribution in [0.3, 0.4) is 0 Å². The molecule has 2 aromatic heterocycles. The number of nitrogens with one attached hydrogen (secondary N) is 4. The Kier molecular flexibility index (Phi) is 11.3. The third kappa shape index (κ3) is 7.95. The Balaban J connectivity index is 1.09. The number of ether oxygens (including phenoxy) is 3. The van der Waals surface area contributed by atoms with Crippen molar-refractivity contribution >= 4 is 56.8 Å². The van der Waals surface area contributed by atoms with Gasteiger partial charge in [-0.05, 0) is 80.3 Å². The van der Waals surface area contributed by atoms with Crippen LogP contribution in [0.15, 0.2) is 48.5 Å². The highest BCUT2D eigenvalue weighted by atomic mass is 16.5. The lowest BCUT2D eigenvalue weighted by Gasteiger charge is -2.30. The molecule has 0 radical (unpaired) electrons. The quantitative estimate of drug-likeness (QED) is 0.141. The Labute approximate surface area is 330 Å². The van der Waals surface area contributed by atoms with E-state index in [0.717, 1.165) is 69.6 Å². The SMILES string of the molecule is COC(=O)N[C@H](C(=O)N1CCC[C@H]1c1nc2ccc(C#Cc3ccc4c(ccc5nc([C@@H]6CCCN6C(=O)[C@@H](NC(=O)OC)[C@@H](C)OC)[nH]c54)c3)cc2[nH]1)C(C)C. The van der Waals surface area contributed by atoms with Crippen LogP contribution >= 0.6 is 0 Å². The number of carbonyl (C=O) groups is 4. The fraction of sp³-hybridized carbons (Fsp3) is 0.429. The van der Waals surface area contributed by atoms with Gasteiger partial charge in [-0.15, -0.1) is 0 Å². The molecule has 15 heteroatoms. The van der Waals surface area contributed by atoms with E-state index in [4.69, 9.17) is 24.2 Å². The summed E-state index contributed by atoms with van der Waals surface area (Å²) < 4.78 is 14.9. The number of hydrogen-bond donors (Lipinski definition) is 4. The van der Waals surface area contributed by atoms with Crippen molar-refractivity contribution in [2.45, 2.75) is 76.7 Å². The van der Waals surface area contributed by atoms with Gasteiger partial charge in [0.15, 0.2) is 0 Å². The number of H-pyrrole nitrogens is 2. The number of methoxy groups -OCH3 is 3. The molecule has 0 bridgehead atoms. The van der Waals surface area contributed by atoms with Gasteiger partial charge in [0.05, 0.1) is 54.5 Å². The van der Waals surface area contributed by atoms with Crippen LogP contribution in [0.4, 0.5) is 9.59 Å². The maximum atomic E-state index is 13.7. The van der Waals surface area contributed by atoms with Gasteiger partial charge in [-0.3, -0.25) is 9.59 Å². The normalized spacial score (nSPS) is 18.4. The fourth-order valence-corrected chi connectivity index (χ4v) is 7.86. The van der Waals surface area contributed by atoms with Crippen molar-refractivity contribution < 1.29 is 33.4 Å². The minimum Gasteiger partial charge on any atom is -0.453 e. The first-order valence-electron chi connectivity index (χ1n) is 19.3. The molecule has 57 heavy (non-hydrogen) atoms. The van der Waals surface area contributed by atoms with Crippen LogP contribution in [-0.2, 0) is 23.8 Å². The maximum Gasteiger partial charge on any atom is 0.407 e. The molecule has 5 atom stereocenters. The van der Waals surface area contributed by atoms with Crippen molar-refractivity contribution in [2.75, 3.05) is 34.4 Å². The van der Waals surface area contributed by atoms with Gasteiger partial charge >= 0.3 is 12.2 Å². The second-order valence-corrected chi connectivity index (χ2v) is 14.9. The molecule has 0 aliphatic carbocycles. The summed E-state index contributed by atoms with van der Waals surface area (Å²) in [6.45, 7) is 6.63. The van der Waals surface area contributed by atoms with Crippen LogP contribution in [0.5, 0.6) is 0 Å². The van der Waals surface area contributed by atoms with E-state index in [-0.39, 0.29) is 29.8 Å². The summed E-state index contributed by atoms with van der Waals surface area (Å²) in [4.78, 5) is 71.6. The highest BCUT2D eigenvalue weighted by Gasteiger charge is 2.39. The van der Waals surface area contributed by atoms with Gasteiger partial charge in [0.1, 0.15) is 23.7 Å². The summed E-state index contributed by atoms with van der Waals surface area (Å²) in [6.07, 6.45) is 1.23. The number of imidazole rings is 2. The van der Waals surface area contributed by atoms with Crippen LogP contribution in [0, 0.1) is 17.8 Å². The molecule has 5 aromatic rings. The number of carbonyl (C=O) groups excluding carboxylic acids is 4. The van der Waals surface area contributed by atoms with Crippen LogP contribution < -0.4 is 10.6 Å². The first-order valence-corrected chi connectivity index (χ1v) is 19.3. The second kappa shape index (κ2) is 16.5. The molecule has 0 unspecified atom stereocenters. The van der Waals surface area contributed by atoms with Crippen molar-refractivity contribution in [3.63, 3.8) is 0 Å². The van der Waals surface area contributed by atoms with Gasteiger partial charge in [-0.1, -0.05) is 37.8 Å². The number of alkyl carbamates (subject to hydrolysis) is 2. The monoisotopic (exact) mass is 776 g/mol. The predicted molar refractivity (Wildman–Crippen MR) is 213 cm³/mol. The van der Waals surface area contributed by atoms with Crippen LogP contribution in [0.25, 0.3) is 32.8 Å². The Hall–Kier alpha value is -6.14. The van der Waals surface area contributed by atoms with Gasteiger partial charge in [0.2, 0.25) is 11.8 Å². The van der Waals surface area contributed by atoms with E-state index in [1.807, 2.05) is 62.4 Å². The summed E-state index contributed by atoms with van der Waals surface area (Å²) in [5, 5.41) is 7.30. The number of fused-ring (bicyclic) bond motifs is 4. The minimum atomic E-state index is -0.909. The number of amides is 4. The molecule has 2 aliphatic heterocycles. The number of benzene rings is 3. The van der Waals surface area contributed by atoms with E-state index in [1.54, 1.807) is 16.7 Å². The van der Waals surface area contributed by atoms with E-state index < -0.39 is 30.4 Å². The summed E-state index contributed by atoms with van der Waals surface area (Å²) in [7, 11) is 4.04. The Morgan fingerprint density at radius 1 is 0.737 bits per heavy atom. The minimum absolute atomic E-state index is 0.118. The van der Waals surface area contributed by atoms with Crippen molar-refractivity contribution in [1.82, 2.24) is 40.4 Å². The molecule has 7 rings (SSSR count). The van der Waals surface area contributed by atoms with Gasteiger partial charge in [-0.2, -0.15) is 0 Å². The number of nitrogens with zero attached hydrogens (tertiary/aromatic N) is 4. The largest absolute Gasteiger partial charge is 0.453 e. The molecule has 0 saturated carbocycles. The van der Waals surface area contributed by atoms with Gasteiger partial charge < -0.3 is 44.6 Å². The van der Waals surface area contributed by atoms with Gasteiger partial charge in [0.25, 0.3) is 0 Å². The molecule has 4 heterocycles. The Bertz CT molecular complexity index is 2390. The number of aromatic amines is 2. The molecule has 15 nitrogen and oxygen atoms in total. The summed E-state index contributed by atoms with van der Waals surface area (Å²) in [6, 6.07) is 13.7. The third-order valence-electron chi connectivity index (χ3n) is 11.0. The molecule has 2 aliphatic rings. The zero-order valence-corrected chi connectivity index (χ0v) is 33.0. The third-order valence-corrected chi connectivity index (χ3v) is 11.0. The second-order valence-electron chi connectivity index (χ2n) is 14.9. The smallest absolute Gasteiger partial charge is 0.407 e. The Morgan fingerprint density at radius 3 is 1.93 bits per heavy atom. The molecule has 298 valence electrons. The standard InChI is InChI=1S/C42H48N8O7/c1-23(2)34(47-41(53)56-5)39(51)49-19-7-9-32(49)37-43-29-17-14-26(22-31(29)45-37)12-11-25-13-16-28-27(21-25)15-18-30-36(28)46-38(44-30)33-10-8-20-50(33)40(52)35(24(3)55-4)48-42(54)57-6/h13-18,21-24,32-35H,7-10,19-20H2,1-6H3,(H,43,45)(H,44,46)(H,47,53)(H,48,54)/t24-,32+,33+,34+,35+/m1/s1. The molecule has 4 N–H and O–H groups in total. The fourth-order valence-electron chi connectivity index (χ4n) is 7.86. The first kappa shape index (κ1) is 39.1. The lowest BCUT2D eigenvalue weighted by molar-refractivity contribution is -0.137. The van der Waals surface area contributed by atoms with E-state index in [1.165, 1.54) is 21.3 Å². The topological polar surface area (TPSA) is 184 Å². The van der Waals surface area contributed by atoms with E-state index >= 15 is 0 Å². The van der Waals surface area contributed by atoms with Crippen molar-refractivity contribution in [1.29, 1.82) is 0 Å². The molecular formula is C42H48N8O7. The average molecular weight is 777 g/mol. The van der Waals surface area contributed by atoms with Gasteiger partial charge in [-0.25, -0.2) is 19.6 Å². The molecule has 2 fully saturated rings. The highest BCUT2D eigenvalue weighted by Crippen LogP contribution is 2.35. The van der Waals surface area contributed by atoms with E-state index in [2.05, 4.69) is 32.4 Å². The first-order chi connectivity index (χ1) is 27.5. The Morgan fingerprint density at radius 2 is 1.30 bits per heavy atom. The zero-order valence-electron chi connectivity index (χ0n) is 33.0. The number of rotatable bonds is 9. The van der Waals surface area contributed by atoms with Crippen LogP contribution in [0.2, 0.25) is 0 Å². The summed E-state index contributed by atoms with van der Waals surface area (Å²) >= 11 is 0. The van der Waals surface area contributed by atoms with Crippen LogP contribution in [0.1, 0.15) is 81.3 Å².